The first-order valence-electron chi connectivity index (χ1n) is 11.1. The summed E-state index contributed by atoms with van der Waals surface area (Å²) >= 11 is 0. The lowest BCUT2D eigenvalue weighted by Gasteiger charge is -2.37. The molecule has 2 aromatic heterocycles. The van der Waals surface area contributed by atoms with Gasteiger partial charge in [-0.05, 0) is 37.6 Å². The van der Waals surface area contributed by atoms with Crippen LogP contribution in [-0.4, -0.2) is 45.5 Å². The molecule has 1 fully saturated rings. The quantitative estimate of drug-likeness (QED) is 0.502. The van der Waals surface area contributed by atoms with Gasteiger partial charge in [-0.2, -0.15) is 18.2 Å². The van der Waals surface area contributed by atoms with Crippen LogP contribution < -0.4 is 15.9 Å². The minimum atomic E-state index is -4.55. The summed E-state index contributed by atoms with van der Waals surface area (Å²) in [4.78, 5) is 24.1. The Hall–Kier alpha value is -2.30. The fourth-order valence-electron chi connectivity index (χ4n) is 5.04. The number of benzene rings is 1. The number of hydrogen-bond acceptors (Lipinski definition) is 5. The number of nitrogens with one attached hydrogen (secondary N) is 1. The van der Waals surface area contributed by atoms with Crippen LogP contribution in [0.5, 0.6) is 0 Å². The van der Waals surface area contributed by atoms with Crippen molar-refractivity contribution in [3.63, 3.8) is 0 Å². The lowest BCUT2D eigenvalue weighted by Crippen LogP contribution is -2.55. The van der Waals surface area contributed by atoms with E-state index >= 15 is 0 Å². The predicted molar refractivity (Wildman–Crippen MR) is 130 cm³/mol. The van der Waals surface area contributed by atoms with Crippen molar-refractivity contribution in [2.75, 3.05) is 23.7 Å². The van der Waals surface area contributed by atoms with E-state index in [2.05, 4.69) is 15.3 Å². The summed E-state index contributed by atoms with van der Waals surface area (Å²) < 4.78 is 43.3. The number of piperazine rings is 1. The van der Waals surface area contributed by atoms with Crippen molar-refractivity contribution in [3.05, 3.63) is 58.3 Å². The van der Waals surface area contributed by atoms with Crippen LogP contribution >= 0.6 is 20.8 Å². The summed E-state index contributed by atoms with van der Waals surface area (Å²) in [6, 6.07) is 6.16. The van der Waals surface area contributed by atoms with Gasteiger partial charge < -0.3 is 10.2 Å². The fraction of sp³-hybridized carbons (Fsp3) is 0.435. The van der Waals surface area contributed by atoms with E-state index < -0.39 is 27.5 Å². The number of pyridine rings is 1. The van der Waals surface area contributed by atoms with E-state index in [9.17, 15) is 18.0 Å². The van der Waals surface area contributed by atoms with Crippen LogP contribution in [0.25, 0.3) is 10.9 Å². The molecule has 3 aromatic rings. The topological polar surface area (TPSA) is 63.1 Å². The molecule has 0 aliphatic carbocycles. The average Bonchev–Trinajstić information content (AvgIpc) is 2.93. The maximum absolute atomic E-state index is 13.9. The summed E-state index contributed by atoms with van der Waals surface area (Å²) in [6.45, 7) is 5.37. The summed E-state index contributed by atoms with van der Waals surface area (Å²) in [5.74, 6) is 0.576. The highest BCUT2D eigenvalue weighted by Crippen LogP contribution is 2.52. The second kappa shape index (κ2) is 8.73. The van der Waals surface area contributed by atoms with Crippen molar-refractivity contribution in [2.24, 2.45) is 0 Å². The molecule has 0 amide bonds. The van der Waals surface area contributed by atoms with Crippen molar-refractivity contribution in [2.45, 2.75) is 49.5 Å². The van der Waals surface area contributed by atoms with Gasteiger partial charge in [0.2, 0.25) is 0 Å². The van der Waals surface area contributed by atoms with Crippen LogP contribution in [0, 0.1) is 0 Å². The van der Waals surface area contributed by atoms with E-state index in [1.807, 2.05) is 24.8 Å². The van der Waals surface area contributed by atoms with Crippen molar-refractivity contribution in [1.82, 2.24) is 19.9 Å². The molecule has 5 rings (SSSR count). The summed E-state index contributed by atoms with van der Waals surface area (Å²) in [5, 5.41) is 3.73. The Morgan fingerprint density at radius 2 is 1.91 bits per heavy atom. The zero-order valence-corrected chi connectivity index (χ0v) is 20.3. The molecule has 1 aromatic carbocycles. The largest absolute Gasteiger partial charge is 0.416 e. The van der Waals surface area contributed by atoms with Crippen molar-refractivity contribution < 1.29 is 13.2 Å². The number of thiol groups is 1. The first-order valence-corrected chi connectivity index (χ1v) is 13.5. The number of aromatic nitrogens is 3. The van der Waals surface area contributed by atoms with Crippen molar-refractivity contribution >= 4 is 37.5 Å². The van der Waals surface area contributed by atoms with E-state index in [1.165, 1.54) is 4.57 Å². The van der Waals surface area contributed by atoms with Crippen LogP contribution in [-0.2, 0) is 12.7 Å². The highest BCUT2D eigenvalue weighted by Gasteiger charge is 2.36. The number of hydrogen-bond donors (Lipinski definition) is 2. The molecule has 1 saturated heterocycles. The smallest absolute Gasteiger partial charge is 0.353 e. The Morgan fingerprint density at radius 3 is 2.56 bits per heavy atom. The molecule has 0 saturated carbocycles. The standard InChI is InChI=1S/C23H25ClF3N5OS/c1-13-9-31(10-14(2)29-13)21-18-6-17(23(25,26)27)7-19-20(18)32(22(33)30-21)11-16(12-34(19)24)15-4-3-5-28-8-15/h3-8,13-14,16,29,34H,9-12H2,1-2H3/t13-,14+,16?. The third kappa shape index (κ3) is 4.27. The molecule has 1 N–H and O–H groups in total. The van der Waals surface area contributed by atoms with Crippen LogP contribution in [0.3, 0.4) is 0 Å². The maximum atomic E-state index is 13.9. The van der Waals surface area contributed by atoms with E-state index in [1.54, 1.807) is 18.5 Å². The normalized spacial score (nSPS) is 26.5. The molecular formula is C23H25ClF3N5OS. The zero-order chi connectivity index (χ0) is 24.2. The zero-order valence-electron chi connectivity index (χ0n) is 18.7. The van der Waals surface area contributed by atoms with E-state index in [-0.39, 0.29) is 24.5 Å². The summed E-state index contributed by atoms with van der Waals surface area (Å²) in [6.07, 6.45) is -1.17. The van der Waals surface area contributed by atoms with Gasteiger partial charge in [-0.3, -0.25) is 9.55 Å². The van der Waals surface area contributed by atoms with Gasteiger partial charge in [-0.1, -0.05) is 16.7 Å². The Morgan fingerprint density at radius 1 is 1.18 bits per heavy atom. The highest BCUT2D eigenvalue weighted by atomic mass is 35.7. The van der Waals surface area contributed by atoms with Crippen LogP contribution in [0.1, 0.15) is 30.9 Å². The molecule has 34 heavy (non-hydrogen) atoms. The van der Waals surface area contributed by atoms with Gasteiger partial charge >= 0.3 is 11.9 Å². The number of alkyl halides is 3. The Balaban J connectivity index is 1.76. The van der Waals surface area contributed by atoms with Gasteiger partial charge in [0.1, 0.15) is 5.82 Å². The first kappa shape index (κ1) is 23.4. The molecule has 2 aliphatic heterocycles. The van der Waals surface area contributed by atoms with Gasteiger partial charge in [-0.15, -0.1) is 10.1 Å². The van der Waals surface area contributed by atoms with E-state index in [0.29, 0.717) is 40.5 Å². The monoisotopic (exact) mass is 511 g/mol. The lowest BCUT2D eigenvalue weighted by atomic mass is 10.0. The molecule has 0 bridgehead atoms. The molecule has 11 heteroatoms. The van der Waals surface area contributed by atoms with Gasteiger partial charge in [0.15, 0.2) is 0 Å². The third-order valence-electron chi connectivity index (χ3n) is 6.42. The Bertz CT molecular complexity index is 1280. The number of nitrogens with zero attached hydrogens (tertiary/aromatic N) is 4. The van der Waals surface area contributed by atoms with Crippen LogP contribution in [0.2, 0.25) is 0 Å². The first-order chi connectivity index (χ1) is 16.1. The maximum Gasteiger partial charge on any atom is 0.416 e. The molecule has 182 valence electrons. The molecular weight excluding hydrogens is 487 g/mol. The SMILES string of the molecule is C[C@@H]1CN(c2nc(=O)n3c4c(cc(C(F)(F)F)cc24)[SH](Cl)CC(c2cccnc2)C3)C[C@H](C)N1. The van der Waals surface area contributed by atoms with Crippen molar-refractivity contribution in [1.29, 1.82) is 0 Å². The fourth-order valence-corrected chi connectivity index (χ4v) is 7.58. The van der Waals surface area contributed by atoms with E-state index in [0.717, 1.165) is 17.7 Å². The molecule has 2 unspecified atom stereocenters. The summed E-state index contributed by atoms with van der Waals surface area (Å²) in [5.41, 5.74) is 0.119. The molecule has 6 nitrogen and oxygen atoms in total. The molecule has 4 atom stereocenters. The Kier molecular flexibility index (Phi) is 6.02. The second-order valence-corrected chi connectivity index (χ2v) is 11.9. The average molecular weight is 512 g/mol. The van der Waals surface area contributed by atoms with Crippen LogP contribution in [0.4, 0.5) is 19.0 Å². The second-order valence-electron chi connectivity index (χ2n) is 9.12. The predicted octanol–water partition coefficient (Wildman–Crippen LogP) is 4.31. The molecule has 2 aliphatic rings. The number of rotatable bonds is 2. The van der Waals surface area contributed by atoms with Gasteiger partial charge in [0.25, 0.3) is 0 Å². The minimum Gasteiger partial charge on any atom is -0.353 e. The molecule has 0 radical (unpaired) electrons. The minimum absolute atomic E-state index is 0.101. The third-order valence-corrected chi connectivity index (χ3v) is 9.00. The van der Waals surface area contributed by atoms with Gasteiger partial charge in [0.05, 0.1) is 11.1 Å². The molecule has 4 heterocycles. The number of halogens is 4. The van der Waals surface area contributed by atoms with Gasteiger partial charge in [0, 0.05) is 66.1 Å². The van der Waals surface area contributed by atoms with Crippen molar-refractivity contribution in [3.8, 4) is 0 Å². The van der Waals surface area contributed by atoms with Crippen LogP contribution in [0.15, 0.2) is 46.3 Å². The molecule has 0 spiro atoms. The lowest BCUT2D eigenvalue weighted by molar-refractivity contribution is -0.137. The van der Waals surface area contributed by atoms with Gasteiger partial charge in [-0.25, -0.2) is 4.79 Å². The van der Waals surface area contributed by atoms with E-state index in [4.69, 9.17) is 10.7 Å². The summed E-state index contributed by atoms with van der Waals surface area (Å²) in [7, 11) is 5.36. The number of anilines is 1. The Labute approximate surface area is 202 Å². The highest BCUT2D eigenvalue weighted by molar-refractivity contribution is 8.36.